The molecule has 2 heterocycles. The van der Waals surface area contributed by atoms with Gasteiger partial charge in [0.1, 0.15) is 11.4 Å². The fourth-order valence-corrected chi connectivity index (χ4v) is 2.90. The minimum atomic E-state index is -1.13. The van der Waals surface area contributed by atoms with Crippen LogP contribution in [0.25, 0.3) is 0 Å². The fraction of sp³-hybridized carbons (Fsp3) is 0.429. The molecule has 3 atom stereocenters. The number of nitrogens with two attached hydrogens (primary N) is 1. The molecule has 2 rings (SSSR count). The van der Waals surface area contributed by atoms with Crippen LogP contribution in [0.2, 0.25) is 0 Å². The van der Waals surface area contributed by atoms with Crippen LogP contribution in [0.4, 0.5) is 0 Å². The number of thioether (sulfide) groups is 1. The number of amides is 1. The van der Waals surface area contributed by atoms with Crippen molar-refractivity contribution in [3.05, 3.63) is 10.4 Å². The molecule has 0 bridgehead atoms. The topological polar surface area (TPSA) is 83.6 Å². The van der Waals surface area contributed by atoms with Crippen LogP contribution in [0.15, 0.2) is 10.4 Å². The van der Waals surface area contributed by atoms with Gasteiger partial charge in [-0.25, -0.2) is 4.79 Å². The highest BCUT2D eigenvalue weighted by atomic mass is 35.5. The summed E-state index contributed by atoms with van der Waals surface area (Å²) in [6, 6.07) is -1.67. The van der Waals surface area contributed by atoms with Crippen molar-refractivity contribution in [2.45, 2.75) is 17.5 Å². The number of rotatable bonds is 1. The van der Waals surface area contributed by atoms with Crippen molar-refractivity contribution in [2.75, 3.05) is 0 Å². The number of hydrogen-bond acceptors (Lipinski definition) is 4. The fourth-order valence-electron chi connectivity index (χ4n) is 1.50. The van der Waals surface area contributed by atoms with E-state index in [1.165, 1.54) is 22.1 Å². The van der Waals surface area contributed by atoms with Gasteiger partial charge in [-0.2, -0.15) is 0 Å². The van der Waals surface area contributed by atoms with Gasteiger partial charge >= 0.3 is 5.97 Å². The predicted octanol–water partition coefficient (Wildman–Crippen LogP) is -0.238. The second kappa shape index (κ2) is 3.15. The van der Waals surface area contributed by atoms with Gasteiger partial charge in [0, 0.05) is 0 Å². The molecule has 1 saturated heterocycles. The molecule has 1 fully saturated rings. The van der Waals surface area contributed by atoms with E-state index in [0.29, 0.717) is 0 Å². The van der Waals surface area contributed by atoms with Crippen molar-refractivity contribution in [2.24, 2.45) is 5.73 Å². The summed E-state index contributed by atoms with van der Waals surface area (Å²) in [7, 11) is 0. The van der Waals surface area contributed by atoms with Gasteiger partial charge in [-0.3, -0.25) is 4.79 Å². The number of carbonyl (C=O) groups is 2. The molecule has 1 amide bonds. The van der Waals surface area contributed by atoms with Crippen molar-refractivity contribution < 1.29 is 14.7 Å². The Labute approximate surface area is 88.9 Å². The van der Waals surface area contributed by atoms with E-state index in [1.54, 1.807) is 0 Å². The van der Waals surface area contributed by atoms with Crippen LogP contribution in [-0.4, -0.2) is 39.3 Å². The van der Waals surface area contributed by atoms with E-state index < -0.39 is 18.1 Å². The van der Waals surface area contributed by atoms with E-state index in [4.69, 9.17) is 22.4 Å². The van der Waals surface area contributed by atoms with Crippen LogP contribution in [0.3, 0.4) is 0 Å². The molecule has 3 N–H and O–H groups in total. The first-order valence-electron chi connectivity index (χ1n) is 3.85. The third-order valence-corrected chi connectivity index (χ3v) is 3.85. The van der Waals surface area contributed by atoms with E-state index in [0.717, 1.165) is 0 Å². The Hall–Kier alpha value is -0.720. The number of carboxylic acids is 1. The lowest BCUT2D eigenvalue weighted by Gasteiger charge is -2.49. The molecular weight excluding hydrogens is 228 g/mol. The van der Waals surface area contributed by atoms with Crippen molar-refractivity contribution in [1.29, 1.82) is 0 Å². The summed E-state index contributed by atoms with van der Waals surface area (Å²) in [6.07, 6.45) is 0. The molecule has 5 nitrogen and oxygen atoms in total. The number of fused-ring (bicyclic) bond motifs is 1. The smallest absolute Gasteiger partial charge is 0.332 e. The van der Waals surface area contributed by atoms with E-state index in [-0.39, 0.29) is 16.3 Å². The molecule has 14 heavy (non-hydrogen) atoms. The maximum Gasteiger partial charge on any atom is 0.332 e. The second-order valence-electron chi connectivity index (χ2n) is 3.04. The van der Waals surface area contributed by atoms with Crippen molar-refractivity contribution in [1.82, 2.24) is 4.90 Å². The largest absolute Gasteiger partial charge is 0.479 e. The van der Waals surface area contributed by atoms with Gasteiger partial charge < -0.3 is 15.7 Å². The average molecular weight is 235 g/mol. The monoisotopic (exact) mass is 234 g/mol. The number of halogens is 1. The van der Waals surface area contributed by atoms with E-state index >= 15 is 0 Å². The van der Waals surface area contributed by atoms with Crippen LogP contribution in [0.5, 0.6) is 0 Å². The van der Waals surface area contributed by atoms with Gasteiger partial charge in [-0.15, -0.1) is 11.8 Å². The minimum Gasteiger partial charge on any atom is -0.479 e. The highest BCUT2D eigenvalue weighted by molar-refractivity contribution is 8.03. The summed E-state index contributed by atoms with van der Waals surface area (Å²) < 4.78 is 0. The number of hydrogen-bond donors (Lipinski definition) is 2. The summed E-state index contributed by atoms with van der Waals surface area (Å²) in [6.45, 7) is 0. The van der Waals surface area contributed by atoms with Crippen LogP contribution < -0.4 is 5.73 Å². The Balaban J connectivity index is 2.31. The van der Waals surface area contributed by atoms with Gasteiger partial charge in [-0.05, 0) is 5.41 Å². The highest BCUT2D eigenvalue weighted by Crippen LogP contribution is 2.40. The molecule has 0 spiro atoms. The summed E-state index contributed by atoms with van der Waals surface area (Å²) in [4.78, 5) is 23.3. The second-order valence-corrected chi connectivity index (χ2v) is 4.47. The molecule has 0 aliphatic carbocycles. The van der Waals surface area contributed by atoms with E-state index in [2.05, 4.69) is 0 Å². The summed E-state index contributed by atoms with van der Waals surface area (Å²) >= 11 is 6.99. The predicted molar refractivity (Wildman–Crippen MR) is 51.6 cm³/mol. The summed E-state index contributed by atoms with van der Waals surface area (Å²) in [5.41, 5.74) is 5.51. The minimum absolute atomic E-state index is 0.152. The van der Waals surface area contributed by atoms with Gasteiger partial charge in [0.2, 0.25) is 5.91 Å². The molecule has 3 unspecified atom stereocenters. The molecule has 7 heteroatoms. The number of carboxylic acid groups (broad SMARTS) is 1. The molecule has 0 aromatic rings. The Bertz CT molecular complexity index is 346. The number of carbonyl (C=O) groups excluding carboxylic acids is 1. The number of aliphatic carboxylic acids is 1. The standard InChI is InChI=1S/C7H7ClN2O3S/c8-2-1-14-6-3(9)5(11)10(6)4(2)7(12)13/h1,3-4,6H,9H2,(H,12,13). The Morgan fingerprint density at radius 3 is 2.93 bits per heavy atom. The normalized spacial score (nSPS) is 35.9. The maximum atomic E-state index is 11.3. The van der Waals surface area contributed by atoms with Gasteiger partial charge in [0.05, 0.1) is 5.03 Å². The third kappa shape index (κ3) is 1.14. The summed E-state index contributed by atoms with van der Waals surface area (Å²) in [5.74, 6) is -1.49. The first-order valence-corrected chi connectivity index (χ1v) is 5.17. The van der Waals surface area contributed by atoms with Crippen LogP contribution in [0, 0.1) is 0 Å². The lowest BCUT2D eigenvalue weighted by atomic mass is 10.0. The first kappa shape index (κ1) is 9.82. The lowest BCUT2D eigenvalue weighted by molar-refractivity contribution is -0.157. The third-order valence-electron chi connectivity index (χ3n) is 2.21. The first-order chi connectivity index (χ1) is 6.54. The number of β-lactam (4-membered cyclic amide) rings is 1. The lowest BCUT2D eigenvalue weighted by Crippen LogP contribution is -2.71. The molecule has 76 valence electrons. The molecular formula is C7H7ClN2O3S. The molecule has 2 aliphatic rings. The van der Waals surface area contributed by atoms with Gasteiger partial charge in [0.25, 0.3) is 0 Å². The quantitative estimate of drug-likeness (QED) is 0.612. The molecule has 0 aromatic carbocycles. The van der Waals surface area contributed by atoms with Crippen LogP contribution >= 0.6 is 23.4 Å². The van der Waals surface area contributed by atoms with Crippen molar-refractivity contribution in [3.8, 4) is 0 Å². The SMILES string of the molecule is NC1C(=O)N2C(C(=O)O)C(Cl)=CSC12. The van der Waals surface area contributed by atoms with Crippen LogP contribution in [-0.2, 0) is 9.59 Å². The Morgan fingerprint density at radius 2 is 2.36 bits per heavy atom. The highest BCUT2D eigenvalue weighted by Gasteiger charge is 2.53. The molecule has 0 radical (unpaired) electrons. The van der Waals surface area contributed by atoms with Crippen molar-refractivity contribution in [3.63, 3.8) is 0 Å². The zero-order chi connectivity index (χ0) is 10.5. The Morgan fingerprint density at radius 1 is 1.71 bits per heavy atom. The van der Waals surface area contributed by atoms with E-state index in [1.807, 2.05) is 0 Å². The summed E-state index contributed by atoms with van der Waals surface area (Å²) in [5, 5.41) is 10.3. The van der Waals surface area contributed by atoms with Crippen molar-refractivity contribution >= 4 is 35.2 Å². The zero-order valence-electron chi connectivity index (χ0n) is 6.88. The number of nitrogens with zero attached hydrogens (tertiary/aromatic N) is 1. The van der Waals surface area contributed by atoms with Gasteiger partial charge in [0.15, 0.2) is 6.04 Å². The van der Waals surface area contributed by atoms with Crippen LogP contribution in [0.1, 0.15) is 0 Å². The zero-order valence-corrected chi connectivity index (χ0v) is 8.46. The Kier molecular flexibility index (Phi) is 2.21. The molecule has 0 saturated carbocycles. The molecule has 2 aliphatic heterocycles. The van der Waals surface area contributed by atoms with E-state index in [9.17, 15) is 9.59 Å². The molecule has 0 aromatic heterocycles. The average Bonchev–Trinajstić information content (AvgIpc) is 2.15. The maximum absolute atomic E-state index is 11.3. The van der Waals surface area contributed by atoms with Gasteiger partial charge in [-0.1, -0.05) is 11.6 Å².